The van der Waals surface area contributed by atoms with E-state index in [2.05, 4.69) is 66.4 Å². The number of amides is 4. The maximum atomic E-state index is 13.2. The van der Waals surface area contributed by atoms with Gasteiger partial charge in [0.15, 0.2) is 11.5 Å². The Labute approximate surface area is 241 Å². The van der Waals surface area contributed by atoms with Crippen molar-refractivity contribution in [1.29, 1.82) is 0 Å². The fourth-order valence-electron chi connectivity index (χ4n) is 3.62. The molecule has 8 nitrogen and oxygen atoms in total. The van der Waals surface area contributed by atoms with Crippen LogP contribution in [0.15, 0.2) is 64.6 Å². The van der Waals surface area contributed by atoms with E-state index in [-0.39, 0.29) is 18.1 Å². The number of anilines is 1. The highest BCUT2D eigenvalue weighted by molar-refractivity contribution is 14.1. The maximum Gasteiger partial charge on any atom is 0.335 e. The van der Waals surface area contributed by atoms with Crippen LogP contribution in [0.25, 0.3) is 6.08 Å². The summed E-state index contributed by atoms with van der Waals surface area (Å²) in [6, 6.07) is 15.3. The molecule has 0 saturated carbocycles. The van der Waals surface area contributed by atoms with Crippen molar-refractivity contribution in [2.24, 2.45) is 0 Å². The first-order valence-corrected chi connectivity index (χ1v) is 13.4. The topological polar surface area (TPSA) is 94.2 Å². The zero-order valence-electron chi connectivity index (χ0n) is 18.2. The van der Waals surface area contributed by atoms with E-state index < -0.39 is 17.8 Å². The van der Waals surface area contributed by atoms with Crippen molar-refractivity contribution in [3.63, 3.8) is 0 Å². The lowest BCUT2D eigenvalue weighted by molar-refractivity contribution is -0.122. The molecule has 0 unspecified atom stereocenters. The molecule has 0 aliphatic carbocycles. The zero-order valence-corrected chi connectivity index (χ0v) is 24.1. The van der Waals surface area contributed by atoms with E-state index in [9.17, 15) is 14.4 Å². The Morgan fingerprint density at radius 2 is 1.67 bits per heavy atom. The molecule has 4 amide bonds. The molecule has 5 rings (SSSR count). The van der Waals surface area contributed by atoms with Crippen LogP contribution >= 0.6 is 61.1 Å². The third kappa shape index (κ3) is 5.09. The number of hydrogen-bond acceptors (Lipinski definition) is 6. The van der Waals surface area contributed by atoms with Crippen molar-refractivity contribution in [1.82, 2.24) is 5.32 Å². The summed E-state index contributed by atoms with van der Waals surface area (Å²) >= 11 is 7.73. The Morgan fingerprint density at radius 1 is 0.972 bits per heavy atom. The van der Waals surface area contributed by atoms with Crippen LogP contribution in [0.1, 0.15) is 11.1 Å². The van der Waals surface area contributed by atoms with Crippen molar-refractivity contribution in [2.75, 3.05) is 11.7 Å². The smallest absolute Gasteiger partial charge is 0.335 e. The van der Waals surface area contributed by atoms with Gasteiger partial charge in [0.25, 0.3) is 11.8 Å². The number of carbonyl (C=O) groups excluding carboxylic acids is 3. The lowest BCUT2D eigenvalue weighted by atomic mass is 10.1. The minimum atomic E-state index is -0.832. The quantitative estimate of drug-likeness (QED) is 0.206. The van der Waals surface area contributed by atoms with E-state index in [4.69, 9.17) is 14.2 Å². The summed E-state index contributed by atoms with van der Waals surface area (Å²) in [4.78, 5) is 39.3. The van der Waals surface area contributed by atoms with Crippen LogP contribution in [-0.2, 0) is 16.2 Å². The molecule has 0 spiro atoms. The highest BCUT2D eigenvalue weighted by Crippen LogP contribution is 2.37. The Bertz CT molecular complexity index is 1420. The van der Waals surface area contributed by atoms with Crippen molar-refractivity contribution >= 4 is 90.7 Å². The number of rotatable bonds is 5. The second-order valence-electron chi connectivity index (χ2n) is 7.72. The Kier molecular flexibility index (Phi) is 7.21. The Morgan fingerprint density at radius 3 is 2.39 bits per heavy atom. The minimum Gasteiger partial charge on any atom is -0.487 e. The number of imide groups is 2. The van der Waals surface area contributed by atoms with Gasteiger partial charge < -0.3 is 14.2 Å². The highest BCUT2D eigenvalue weighted by Gasteiger charge is 2.37. The van der Waals surface area contributed by atoms with Gasteiger partial charge in [-0.3, -0.25) is 14.9 Å². The Hall–Kier alpha value is -2.65. The summed E-state index contributed by atoms with van der Waals surface area (Å²) in [6.07, 6.45) is 1.47. The average molecular weight is 773 g/mol. The molecule has 0 radical (unpaired) electrons. The molecular weight excluding hydrogens is 758 g/mol. The number of ether oxygens (including phenoxy) is 3. The zero-order chi connectivity index (χ0) is 25.4. The van der Waals surface area contributed by atoms with Gasteiger partial charge in [0, 0.05) is 10.5 Å². The molecule has 1 saturated heterocycles. The number of nitrogens with one attached hydrogen (secondary N) is 1. The van der Waals surface area contributed by atoms with Crippen molar-refractivity contribution in [2.45, 2.75) is 6.61 Å². The largest absolute Gasteiger partial charge is 0.487 e. The number of hydrogen-bond donors (Lipinski definition) is 1. The molecule has 182 valence electrons. The van der Waals surface area contributed by atoms with Crippen molar-refractivity contribution in [3.8, 4) is 17.2 Å². The summed E-state index contributed by atoms with van der Waals surface area (Å²) < 4.78 is 19.3. The summed E-state index contributed by atoms with van der Waals surface area (Å²) in [5.41, 5.74) is 1.75. The van der Waals surface area contributed by atoms with Gasteiger partial charge in [0.1, 0.15) is 17.9 Å². The van der Waals surface area contributed by atoms with E-state index in [0.29, 0.717) is 29.4 Å². The van der Waals surface area contributed by atoms with Gasteiger partial charge in [-0.1, -0.05) is 28.1 Å². The molecule has 0 aromatic heterocycles. The van der Waals surface area contributed by atoms with E-state index in [0.717, 1.165) is 22.1 Å². The van der Waals surface area contributed by atoms with E-state index in [1.54, 1.807) is 12.1 Å². The van der Waals surface area contributed by atoms with Crippen molar-refractivity contribution < 1.29 is 28.6 Å². The summed E-state index contributed by atoms with van der Waals surface area (Å²) in [5.74, 6) is 0.143. The van der Waals surface area contributed by atoms with Crippen LogP contribution in [0.2, 0.25) is 0 Å². The summed E-state index contributed by atoms with van der Waals surface area (Å²) in [7, 11) is 0. The van der Waals surface area contributed by atoms with Gasteiger partial charge >= 0.3 is 6.03 Å². The van der Waals surface area contributed by atoms with Crippen LogP contribution in [0.3, 0.4) is 0 Å². The Balaban J connectivity index is 1.40. The third-order valence-electron chi connectivity index (χ3n) is 5.34. The number of carbonyl (C=O) groups is 3. The van der Waals surface area contributed by atoms with Crippen LogP contribution in [0.4, 0.5) is 10.5 Å². The molecule has 1 fully saturated rings. The molecule has 2 aliphatic heterocycles. The van der Waals surface area contributed by atoms with Gasteiger partial charge in [-0.15, -0.1) is 0 Å². The predicted molar refractivity (Wildman–Crippen MR) is 152 cm³/mol. The summed E-state index contributed by atoms with van der Waals surface area (Å²) in [5, 5.41) is 2.23. The molecule has 2 heterocycles. The number of urea groups is 1. The number of nitrogens with zero attached hydrogens (tertiary/aromatic N) is 1. The first kappa shape index (κ1) is 25.0. The van der Waals surface area contributed by atoms with Crippen LogP contribution in [0, 0.1) is 7.14 Å². The number of benzene rings is 3. The molecule has 36 heavy (non-hydrogen) atoms. The van der Waals surface area contributed by atoms with Crippen LogP contribution in [0.5, 0.6) is 17.2 Å². The molecule has 3 aromatic carbocycles. The molecule has 0 atom stereocenters. The molecular formula is C25H15BrI2N2O6. The molecule has 2 aliphatic rings. The van der Waals surface area contributed by atoms with E-state index >= 15 is 0 Å². The van der Waals surface area contributed by atoms with Gasteiger partial charge in [-0.2, -0.15) is 0 Å². The average Bonchev–Trinajstić information content (AvgIpc) is 3.30. The SMILES string of the molecule is O=C1NC(=O)N(c2ccc3c(c2)OCO3)C(=O)/C1=C/c1cc(I)c(OCc2ccc(Br)cc2)c(I)c1. The molecule has 0 bridgehead atoms. The maximum absolute atomic E-state index is 13.2. The monoisotopic (exact) mass is 772 g/mol. The second kappa shape index (κ2) is 10.4. The standard InChI is InChI=1S/C25H15BrI2N2O6/c26-15-3-1-13(2-4-15)11-34-22-18(27)8-14(9-19(22)28)7-17-23(31)29-25(33)30(24(17)32)16-5-6-20-21(10-16)36-12-35-20/h1-10H,11-12H2,(H,29,31,33)/b17-7+. The van der Waals surface area contributed by atoms with Gasteiger partial charge in [-0.05, 0) is 98.8 Å². The molecule has 11 heteroatoms. The lowest BCUT2D eigenvalue weighted by Gasteiger charge is -2.26. The van der Waals surface area contributed by atoms with Gasteiger partial charge in [-0.25, -0.2) is 9.69 Å². The van der Waals surface area contributed by atoms with Crippen LogP contribution in [-0.4, -0.2) is 24.6 Å². The number of fused-ring (bicyclic) bond motifs is 1. The van der Waals surface area contributed by atoms with Crippen LogP contribution < -0.4 is 24.4 Å². The van der Waals surface area contributed by atoms with E-state index in [1.165, 1.54) is 12.1 Å². The minimum absolute atomic E-state index is 0.0582. The molecule has 1 N–H and O–H groups in total. The predicted octanol–water partition coefficient (Wildman–Crippen LogP) is 5.63. The fraction of sp³-hybridized carbons (Fsp3) is 0.0800. The number of halogens is 3. The fourth-order valence-corrected chi connectivity index (χ4v) is 6.01. The first-order valence-electron chi connectivity index (χ1n) is 10.5. The lowest BCUT2D eigenvalue weighted by Crippen LogP contribution is -2.54. The van der Waals surface area contributed by atoms with E-state index in [1.807, 2.05) is 36.4 Å². The highest BCUT2D eigenvalue weighted by atomic mass is 127. The van der Waals surface area contributed by atoms with Gasteiger partial charge in [0.05, 0.1) is 12.8 Å². The third-order valence-corrected chi connectivity index (χ3v) is 7.48. The molecule has 3 aromatic rings. The first-order chi connectivity index (χ1) is 17.3. The van der Waals surface area contributed by atoms with Crippen molar-refractivity contribution in [3.05, 3.63) is 82.9 Å². The number of barbiturate groups is 1. The second-order valence-corrected chi connectivity index (χ2v) is 11.0. The normalized spacial score (nSPS) is 15.9. The van der Waals surface area contributed by atoms with Gasteiger partial charge in [0.2, 0.25) is 6.79 Å². The summed E-state index contributed by atoms with van der Waals surface area (Å²) in [6.45, 7) is 0.454.